The van der Waals surface area contributed by atoms with Gasteiger partial charge in [-0.1, -0.05) is 12.1 Å². The Morgan fingerprint density at radius 2 is 2.06 bits per heavy atom. The summed E-state index contributed by atoms with van der Waals surface area (Å²) in [7, 11) is 0. The Bertz CT molecular complexity index is 1120. The molecule has 2 bridgehead atoms. The van der Waals surface area contributed by atoms with Crippen molar-refractivity contribution in [1.29, 1.82) is 0 Å². The van der Waals surface area contributed by atoms with E-state index in [1.807, 2.05) is 17.0 Å². The number of pyridine rings is 1. The molecule has 4 heterocycles. The summed E-state index contributed by atoms with van der Waals surface area (Å²) in [6, 6.07) is 9.12. The molecule has 5 rings (SSSR count). The van der Waals surface area contributed by atoms with Crippen LogP contribution in [-0.4, -0.2) is 39.3 Å². The number of aryl methyl sites for hydroxylation is 1. The van der Waals surface area contributed by atoms with Gasteiger partial charge in [-0.15, -0.1) is 0 Å². The predicted octanol–water partition coefficient (Wildman–Crippen LogP) is 2.83. The number of anilines is 1. The molecule has 1 amide bonds. The number of piperidine rings is 1. The van der Waals surface area contributed by atoms with Crippen LogP contribution in [0.25, 0.3) is 0 Å². The molecular formula is C24H28N3O5-. The van der Waals surface area contributed by atoms with Crippen molar-refractivity contribution in [3.63, 3.8) is 0 Å². The lowest BCUT2D eigenvalue weighted by molar-refractivity contribution is -0.133. The molecule has 0 aliphatic carbocycles. The molecule has 8 nitrogen and oxygen atoms in total. The molecule has 0 saturated carbocycles. The molecule has 3 aliphatic heterocycles. The van der Waals surface area contributed by atoms with E-state index in [0.29, 0.717) is 26.1 Å². The lowest BCUT2D eigenvalue weighted by atomic mass is 9.83. The molecule has 32 heavy (non-hydrogen) atoms. The largest absolute Gasteiger partial charge is 0.733 e. The van der Waals surface area contributed by atoms with Gasteiger partial charge in [-0.2, -0.15) is 0 Å². The van der Waals surface area contributed by atoms with Crippen LogP contribution in [0.4, 0.5) is 5.69 Å². The molecule has 170 valence electrons. The second-order valence-electron chi connectivity index (χ2n) is 9.91. The topological polar surface area (TPSA) is 98.1 Å². The number of carbonyl (C=O) groups is 1. The third kappa shape index (κ3) is 3.78. The maximum atomic E-state index is 13.1. The van der Waals surface area contributed by atoms with E-state index in [-0.39, 0.29) is 34.3 Å². The molecule has 2 unspecified atom stereocenters. The number of likely N-dealkylation sites (tertiary alicyclic amines) is 1. The first kappa shape index (κ1) is 21.0. The van der Waals surface area contributed by atoms with Crippen LogP contribution >= 0.6 is 0 Å². The van der Waals surface area contributed by atoms with Crippen molar-refractivity contribution in [3.8, 4) is 5.75 Å². The number of rotatable bonds is 3. The average Bonchev–Trinajstić information content (AvgIpc) is 2.74. The second kappa shape index (κ2) is 7.64. The number of hydrogen-bond acceptors (Lipinski definition) is 6. The molecule has 2 atom stereocenters. The lowest BCUT2D eigenvalue weighted by Gasteiger charge is -2.43. The molecule has 1 N–H and O–H groups in total. The van der Waals surface area contributed by atoms with Gasteiger partial charge >= 0.3 is 0 Å². The van der Waals surface area contributed by atoms with Crippen LogP contribution in [0, 0.1) is 11.1 Å². The van der Waals surface area contributed by atoms with Gasteiger partial charge in [0.15, 0.2) is 0 Å². The van der Waals surface area contributed by atoms with Crippen LogP contribution < -0.4 is 15.5 Å². The summed E-state index contributed by atoms with van der Waals surface area (Å²) in [5.41, 5.74) is 2.06. The van der Waals surface area contributed by atoms with Crippen LogP contribution in [0.3, 0.4) is 0 Å². The number of fused-ring (bicyclic) bond motifs is 5. The Morgan fingerprint density at radius 3 is 2.84 bits per heavy atom. The average molecular weight is 439 g/mol. The van der Waals surface area contributed by atoms with Crippen molar-refractivity contribution in [2.24, 2.45) is 5.92 Å². The van der Waals surface area contributed by atoms with Gasteiger partial charge in [0.1, 0.15) is 17.0 Å². The number of hydrogen-bond donors (Lipinski definition) is 1. The Kier molecular flexibility index (Phi) is 5.02. The molecular weight excluding hydrogens is 410 g/mol. The van der Waals surface area contributed by atoms with Crippen molar-refractivity contribution in [1.82, 2.24) is 9.47 Å². The van der Waals surface area contributed by atoms with Gasteiger partial charge < -0.3 is 24.6 Å². The van der Waals surface area contributed by atoms with Crippen LogP contribution in [0.15, 0.2) is 35.1 Å². The molecule has 0 spiro atoms. The van der Waals surface area contributed by atoms with Gasteiger partial charge in [-0.3, -0.25) is 14.8 Å². The molecule has 8 heteroatoms. The first-order valence-electron chi connectivity index (χ1n) is 11.2. The summed E-state index contributed by atoms with van der Waals surface area (Å²) in [4.78, 5) is 27.6. The monoisotopic (exact) mass is 438 g/mol. The normalized spacial score (nSPS) is 23.1. The fourth-order valence-corrected chi connectivity index (χ4v) is 5.39. The fraction of sp³-hybridized carbons (Fsp3) is 0.500. The highest BCUT2D eigenvalue weighted by Crippen LogP contribution is 2.36. The zero-order valence-corrected chi connectivity index (χ0v) is 18.4. The van der Waals surface area contributed by atoms with Gasteiger partial charge in [0.25, 0.3) is 5.56 Å². The summed E-state index contributed by atoms with van der Waals surface area (Å²) in [6.07, 6.45) is 3.15. The number of nitrogens with zero attached hydrogens (tertiary/aromatic N) is 3. The van der Waals surface area contributed by atoms with E-state index in [9.17, 15) is 14.8 Å². The van der Waals surface area contributed by atoms with Crippen molar-refractivity contribution in [2.75, 3.05) is 18.3 Å². The summed E-state index contributed by atoms with van der Waals surface area (Å²) in [5, 5.41) is 20.0. The summed E-state index contributed by atoms with van der Waals surface area (Å²) in [6.45, 7) is 5.77. The first-order valence-corrected chi connectivity index (χ1v) is 11.2. The summed E-state index contributed by atoms with van der Waals surface area (Å²) in [5.74, 6) is 1.19. The lowest BCUT2D eigenvalue weighted by Crippen LogP contribution is -2.49. The zero-order chi connectivity index (χ0) is 22.6. The van der Waals surface area contributed by atoms with Crippen molar-refractivity contribution in [2.45, 2.75) is 57.6 Å². The van der Waals surface area contributed by atoms with Gasteiger partial charge in [-0.25, -0.2) is 0 Å². The minimum atomic E-state index is -0.478. The fourth-order valence-electron chi connectivity index (χ4n) is 5.39. The Labute approximate surface area is 186 Å². The SMILES string of the molecule is CC1(C)CCc2cc(CC(=O)N3CC4CC(C3)c3ccc(N([O-])O)c(=O)n3C4)ccc2O1. The Balaban J connectivity index is 1.31. The van der Waals surface area contributed by atoms with E-state index < -0.39 is 5.56 Å². The van der Waals surface area contributed by atoms with Crippen molar-refractivity contribution >= 4 is 11.6 Å². The smallest absolute Gasteiger partial charge is 0.275 e. The van der Waals surface area contributed by atoms with E-state index in [4.69, 9.17) is 9.94 Å². The van der Waals surface area contributed by atoms with Gasteiger partial charge in [0.2, 0.25) is 5.91 Å². The molecule has 1 aromatic heterocycles. The van der Waals surface area contributed by atoms with E-state index in [0.717, 1.165) is 41.8 Å². The molecule has 1 aromatic carbocycles. The number of carbonyl (C=O) groups excluding carboxylic acids is 1. The quantitative estimate of drug-likeness (QED) is 0.740. The molecule has 1 fully saturated rings. The van der Waals surface area contributed by atoms with E-state index >= 15 is 0 Å². The minimum Gasteiger partial charge on any atom is -0.733 e. The highest BCUT2D eigenvalue weighted by molar-refractivity contribution is 5.79. The summed E-state index contributed by atoms with van der Waals surface area (Å²) < 4.78 is 7.64. The molecule has 1 saturated heterocycles. The maximum Gasteiger partial charge on any atom is 0.275 e. The molecule has 2 aromatic rings. The second-order valence-corrected chi connectivity index (χ2v) is 9.91. The third-order valence-corrected chi connectivity index (χ3v) is 7.01. The number of amides is 1. The van der Waals surface area contributed by atoms with Crippen LogP contribution in [0.1, 0.15) is 49.4 Å². The maximum absolute atomic E-state index is 13.1. The highest BCUT2D eigenvalue weighted by Gasteiger charge is 2.36. The zero-order valence-electron chi connectivity index (χ0n) is 18.4. The van der Waals surface area contributed by atoms with Gasteiger partial charge in [-0.05, 0) is 68.4 Å². The van der Waals surface area contributed by atoms with E-state index in [1.165, 1.54) is 6.07 Å². The van der Waals surface area contributed by atoms with Gasteiger partial charge in [0.05, 0.1) is 6.42 Å². The highest BCUT2D eigenvalue weighted by atomic mass is 16.8. The third-order valence-electron chi connectivity index (χ3n) is 7.01. The molecule has 0 radical (unpaired) electrons. The predicted molar refractivity (Wildman–Crippen MR) is 119 cm³/mol. The number of ether oxygens (including phenoxy) is 1. The van der Waals surface area contributed by atoms with Crippen molar-refractivity contribution in [3.05, 3.63) is 62.7 Å². The number of aromatic nitrogens is 1. The Hall–Kier alpha value is -2.84. The number of benzene rings is 1. The summed E-state index contributed by atoms with van der Waals surface area (Å²) >= 11 is 0. The van der Waals surface area contributed by atoms with Gasteiger partial charge in [0, 0.05) is 31.2 Å². The van der Waals surface area contributed by atoms with Crippen LogP contribution in [-0.2, 0) is 24.2 Å². The van der Waals surface area contributed by atoms with E-state index in [2.05, 4.69) is 19.9 Å². The van der Waals surface area contributed by atoms with E-state index in [1.54, 1.807) is 10.6 Å². The molecule has 3 aliphatic rings. The van der Waals surface area contributed by atoms with Crippen molar-refractivity contribution < 1.29 is 14.7 Å². The Morgan fingerprint density at radius 1 is 1.25 bits per heavy atom. The van der Waals surface area contributed by atoms with Crippen LogP contribution in [0.5, 0.6) is 5.75 Å². The standard InChI is InChI=1S/C24H28N3O5/c1-24(2)8-7-17-9-15(3-6-21(17)32-24)11-22(28)25-12-16-10-18(14-25)19-4-5-20(27(30)31)23(29)26(19)13-16/h3-6,9,16,18,30H,7-8,10-14H2,1-2H3/q-1. The first-order chi connectivity index (χ1) is 15.2. The van der Waals surface area contributed by atoms with Crippen LogP contribution in [0.2, 0.25) is 0 Å². The minimum absolute atomic E-state index is 0.0474.